The van der Waals surface area contributed by atoms with E-state index in [2.05, 4.69) is 5.32 Å². The second-order valence-corrected chi connectivity index (χ2v) is 5.89. The van der Waals surface area contributed by atoms with Crippen LogP contribution in [0.25, 0.3) is 0 Å². The minimum Gasteiger partial charge on any atom is -0.497 e. The summed E-state index contributed by atoms with van der Waals surface area (Å²) in [5.74, 6) is -0.772. The number of amides is 2. The fourth-order valence-electron chi connectivity index (χ4n) is 2.87. The van der Waals surface area contributed by atoms with Crippen molar-refractivity contribution in [3.63, 3.8) is 0 Å². The maximum absolute atomic E-state index is 12.7. The van der Waals surface area contributed by atoms with E-state index < -0.39 is 17.9 Å². The van der Waals surface area contributed by atoms with Gasteiger partial charge in [-0.05, 0) is 36.4 Å². The van der Waals surface area contributed by atoms with E-state index in [4.69, 9.17) is 14.6 Å². The number of benzene rings is 2. The standard InChI is InChI=1S/C19H18N2O6/c1-26-13-7-8-14(16(9-13)27-2)20-15-10-17(22)21(18(15)23)12-5-3-11(4-6-12)19(24)25/h3-9,15,20H,10H2,1-2H3,(H,24,25)/t15-/m1/s1. The Morgan fingerprint density at radius 3 is 2.41 bits per heavy atom. The van der Waals surface area contributed by atoms with Crippen molar-refractivity contribution >= 4 is 29.2 Å². The Morgan fingerprint density at radius 1 is 1.11 bits per heavy atom. The molecule has 27 heavy (non-hydrogen) atoms. The maximum Gasteiger partial charge on any atom is 0.335 e. The number of nitrogens with zero attached hydrogens (tertiary/aromatic N) is 1. The zero-order chi connectivity index (χ0) is 19.6. The van der Waals surface area contributed by atoms with Crippen LogP contribution in [0.4, 0.5) is 11.4 Å². The van der Waals surface area contributed by atoms with Crippen molar-refractivity contribution in [2.24, 2.45) is 0 Å². The zero-order valence-electron chi connectivity index (χ0n) is 14.8. The van der Waals surface area contributed by atoms with Crippen molar-refractivity contribution in [1.29, 1.82) is 0 Å². The molecule has 0 aromatic heterocycles. The highest BCUT2D eigenvalue weighted by Crippen LogP contribution is 2.32. The number of hydrogen-bond acceptors (Lipinski definition) is 6. The molecular formula is C19H18N2O6. The SMILES string of the molecule is COc1ccc(N[C@@H]2CC(=O)N(c3ccc(C(=O)O)cc3)C2=O)c(OC)c1. The highest BCUT2D eigenvalue weighted by atomic mass is 16.5. The van der Waals surface area contributed by atoms with Crippen molar-refractivity contribution in [2.75, 3.05) is 24.4 Å². The lowest BCUT2D eigenvalue weighted by atomic mass is 10.2. The Labute approximate surface area is 155 Å². The lowest BCUT2D eigenvalue weighted by Gasteiger charge is -2.18. The Kier molecular flexibility index (Phi) is 4.98. The quantitative estimate of drug-likeness (QED) is 0.751. The van der Waals surface area contributed by atoms with Crippen LogP contribution >= 0.6 is 0 Å². The summed E-state index contributed by atoms with van der Waals surface area (Å²) < 4.78 is 10.4. The predicted molar refractivity (Wildman–Crippen MR) is 97.5 cm³/mol. The third kappa shape index (κ3) is 3.55. The summed E-state index contributed by atoms with van der Waals surface area (Å²) in [4.78, 5) is 37.1. The van der Waals surface area contributed by atoms with Gasteiger partial charge in [0.25, 0.3) is 5.91 Å². The topological polar surface area (TPSA) is 105 Å². The van der Waals surface area contributed by atoms with Crippen molar-refractivity contribution in [3.05, 3.63) is 48.0 Å². The summed E-state index contributed by atoms with van der Waals surface area (Å²) in [5.41, 5.74) is 0.976. The number of aromatic carboxylic acids is 1. The summed E-state index contributed by atoms with van der Waals surface area (Å²) in [5, 5.41) is 12.0. The minimum absolute atomic E-state index is 0.0191. The summed E-state index contributed by atoms with van der Waals surface area (Å²) >= 11 is 0. The number of carboxylic acid groups (broad SMARTS) is 1. The molecule has 0 aliphatic carbocycles. The van der Waals surface area contributed by atoms with E-state index in [1.807, 2.05) is 0 Å². The lowest BCUT2D eigenvalue weighted by Crippen LogP contribution is -2.34. The molecule has 8 nitrogen and oxygen atoms in total. The molecule has 1 heterocycles. The van der Waals surface area contributed by atoms with E-state index in [0.29, 0.717) is 22.9 Å². The molecule has 0 bridgehead atoms. The molecule has 1 atom stereocenters. The molecule has 1 aliphatic rings. The van der Waals surface area contributed by atoms with Crippen LogP contribution in [0, 0.1) is 0 Å². The normalized spacial score (nSPS) is 16.4. The summed E-state index contributed by atoms with van der Waals surface area (Å²) in [7, 11) is 3.03. The number of carboxylic acids is 1. The average Bonchev–Trinajstić information content (AvgIpc) is 2.95. The van der Waals surface area contributed by atoms with Crippen molar-refractivity contribution in [2.45, 2.75) is 12.5 Å². The van der Waals surface area contributed by atoms with E-state index >= 15 is 0 Å². The monoisotopic (exact) mass is 370 g/mol. The molecule has 1 fully saturated rings. The first-order valence-electron chi connectivity index (χ1n) is 8.13. The average molecular weight is 370 g/mol. The molecule has 0 spiro atoms. The molecule has 0 saturated carbocycles. The van der Waals surface area contributed by atoms with E-state index in [1.54, 1.807) is 18.2 Å². The Bertz CT molecular complexity index is 894. The molecule has 1 saturated heterocycles. The molecule has 140 valence electrons. The minimum atomic E-state index is -1.08. The number of rotatable bonds is 6. The fourth-order valence-corrected chi connectivity index (χ4v) is 2.87. The molecule has 8 heteroatoms. The van der Waals surface area contributed by atoms with E-state index in [9.17, 15) is 14.4 Å². The van der Waals surface area contributed by atoms with Gasteiger partial charge in [-0.2, -0.15) is 0 Å². The molecule has 2 aromatic rings. The van der Waals surface area contributed by atoms with E-state index in [-0.39, 0.29) is 17.9 Å². The summed E-state index contributed by atoms with van der Waals surface area (Å²) in [6.07, 6.45) is -0.0191. The first kappa shape index (κ1) is 18.2. The van der Waals surface area contributed by atoms with Crippen molar-refractivity contribution in [1.82, 2.24) is 0 Å². The van der Waals surface area contributed by atoms with Crippen LogP contribution in [0.3, 0.4) is 0 Å². The third-order valence-corrected chi connectivity index (χ3v) is 4.26. The van der Waals surface area contributed by atoms with Gasteiger partial charge in [0.15, 0.2) is 0 Å². The number of carbonyl (C=O) groups excluding carboxylic acids is 2. The Morgan fingerprint density at radius 2 is 1.81 bits per heavy atom. The molecule has 3 rings (SSSR count). The number of anilines is 2. The van der Waals surface area contributed by atoms with Crippen molar-refractivity contribution in [3.8, 4) is 11.5 Å². The van der Waals surface area contributed by atoms with Gasteiger partial charge in [0.1, 0.15) is 17.5 Å². The van der Waals surface area contributed by atoms with Crippen LogP contribution in [-0.4, -0.2) is 43.2 Å². The number of nitrogens with one attached hydrogen (secondary N) is 1. The predicted octanol–water partition coefficient (Wildman–Crippen LogP) is 2.15. The highest BCUT2D eigenvalue weighted by molar-refractivity contribution is 6.23. The first-order valence-corrected chi connectivity index (χ1v) is 8.13. The van der Waals surface area contributed by atoms with Gasteiger partial charge >= 0.3 is 5.97 Å². The molecule has 1 aliphatic heterocycles. The van der Waals surface area contributed by atoms with Crippen LogP contribution in [-0.2, 0) is 9.59 Å². The number of methoxy groups -OCH3 is 2. The smallest absolute Gasteiger partial charge is 0.335 e. The van der Waals surface area contributed by atoms with Crippen LogP contribution in [0.2, 0.25) is 0 Å². The second-order valence-electron chi connectivity index (χ2n) is 5.89. The largest absolute Gasteiger partial charge is 0.497 e. The third-order valence-electron chi connectivity index (χ3n) is 4.26. The van der Waals surface area contributed by atoms with Gasteiger partial charge in [0.05, 0.1) is 37.6 Å². The van der Waals surface area contributed by atoms with Gasteiger partial charge in [-0.3, -0.25) is 9.59 Å². The highest BCUT2D eigenvalue weighted by Gasteiger charge is 2.39. The van der Waals surface area contributed by atoms with Gasteiger partial charge in [-0.1, -0.05) is 0 Å². The number of hydrogen-bond donors (Lipinski definition) is 2. The Balaban J connectivity index is 1.81. The van der Waals surface area contributed by atoms with Crippen molar-refractivity contribution < 1.29 is 29.0 Å². The van der Waals surface area contributed by atoms with E-state index in [0.717, 1.165) is 4.90 Å². The van der Waals surface area contributed by atoms with Crippen LogP contribution < -0.4 is 19.7 Å². The van der Waals surface area contributed by atoms with Gasteiger partial charge in [-0.15, -0.1) is 0 Å². The molecule has 2 amide bonds. The number of imide groups is 1. The fraction of sp³-hybridized carbons (Fsp3) is 0.211. The van der Waals surface area contributed by atoms with Gasteiger partial charge in [-0.25, -0.2) is 9.69 Å². The van der Waals surface area contributed by atoms with Crippen LogP contribution in [0.5, 0.6) is 11.5 Å². The second kappa shape index (κ2) is 7.36. The zero-order valence-corrected chi connectivity index (χ0v) is 14.8. The molecule has 0 radical (unpaired) electrons. The molecule has 2 N–H and O–H groups in total. The molecule has 0 unspecified atom stereocenters. The maximum atomic E-state index is 12.7. The number of ether oxygens (including phenoxy) is 2. The molecular weight excluding hydrogens is 352 g/mol. The van der Waals surface area contributed by atoms with Crippen LogP contribution in [0.1, 0.15) is 16.8 Å². The lowest BCUT2D eigenvalue weighted by molar-refractivity contribution is -0.121. The van der Waals surface area contributed by atoms with Crippen LogP contribution in [0.15, 0.2) is 42.5 Å². The van der Waals surface area contributed by atoms with E-state index in [1.165, 1.54) is 38.5 Å². The first-order chi connectivity index (χ1) is 12.9. The molecule has 2 aromatic carbocycles. The van der Waals surface area contributed by atoms with Gasteiger partial charge < -0.3 is 19.9 Å². The van der Waals surface area contributed by atoms with Gasteiger partial charge in [0, 0.05) is 6.07 Å². The number of carbonyl (C=O) groups is 3. The summed E-state index contributed by atoms with van der Waals surface area (Å²) in [6.45, 7) is 0. The Hall–Kier alpha value is -3.55. The summed E-state index contributed by atoms with van der Waals surface area (Å²) in [6, 6.07) is 9.93. The van der Waals surface area contributed by atoms with Gasteiger partial charge in [0.2, 0.25) is 5.91 Å².